The van der Waals surface area contributed by atoms with Crippen molar-refractivity contribution in [2.24, 2.45) is 0 Å². The van der Waals surface area contributed by atoms with E-state index in [2.05, 4.69) is 110 Å². The van der Waals surface area contributed by atoms with E-state index in [-0.39, 0.29) is 30.3 Å². The summed E-state index contributed by atoms with van der Waals surface area (Å²) in [5.74, 6) is 0.220. The second-order valence-corrected chi connectivity index (χ2v) is 10.1. The fourth-order valence-electron chi connectivity index (χ4n) is 6.36. The van der Waals surface area contributed by atoms with E-state index < -0.39 is 0 Å². The Balaban J connectivity index is 1.65. The summed E-state index contributed by atoms with van der Waals surface area (Å²) in [6.45, 7) is 2.24. The predicted octanol–water partition coefficient (Wildman–Crippen LogP) is 7.12. The Morgan fingerprint density at radius 2 is 1.35 bits per heavy atom. The van der Waals surface area contributed by atoms with Gasteiger partial charge in [0.2, 0.25) is 0 Å². The molecule has 0 aliphatic carbocycles. The molecule has 192 valence electrons. The molecule has 5 rings (SSSR count). The maximum atomic E-state index is 13.0. The number of para-hydroxylation sites is 1. The van der Waals surface area contributed by atoms with Gasteiger partial charge in [0.1, 0.15) is 0 Å². The number of ether oxygens (including phenoxy) is 1. The van der Waals surface area contributed by atoms with Gasteiger partial charge in [0.05, 0.1) is 31.0 Å². The number of benzene rings is 3. The summed E-state index contributed by atoms with van der Waals surface area (Å²) < 4.78 is 5.22. The molecule has 3 aromatic rings. The Labute approximate surface area is 221 Å². The normalized spacial score (nSPS) is 22.5. The Hall–Kier alpha value is -3.41. The minimum Gasteiger partial charge on any atom is -0.452 e. The molecule has 1 fully saturated rings. The van der Waals surface area contributed by atoms with Gasteiger partial charge in [-0.3, -0.25) is 14.7 Å². The van der Waals surface area contributed by atoms with E-state index in [9.17, 15) is 4.79 Å². The number of carbonyl (C=O) groups excluding carboxylic acids is 1. The highest BCUT2D eigenvalue weighted by Gasteiger charge is 2.48. The van der Waals surface area contributed by atoms with Crippen molar-refractivity contribution in [3.63, 3.8) is 0 Å². The van der Waals surface area contributed by atoms with E-state index in [0.717, 1.165) is 24.9 Å². The molecule has 0 radical (unpaired) electrons. The van der Waals surface area contributed by atoms with Gasteiger partial charge in [-0.15, -0.1) is 0 Å². The van der Waals surface area contributed by atoms with Gasteiger partial charge in [-0.2, -0.15) is 0 Å². The average Bonchev–Trinajstić information content (AvgIpc) is 3.21. The lowest BCUT2D eigenvalue weighted by Gasteiger charge is -2.39. The number of fused-ring (bicyclic) bond motifs is 1. The Bertz CT molecular complexity index is 1190. The lowest BCUT2D eigenvalue weighted by atomic mass is 9.82. The van der Waals surface area contributed by atoms with E-state index in [1.807, 2.05) is 12.1 Å². The number of amides is 1. The third kappa shape index (κ3) is 4.58. The van der Waals surface area contributed by atoms with Crippen molar-refractivity contribution in [3.05, 3.63) is 113 Å². The van der Waals surface area contributed by atoms with Crippen LogP contribution in [-0.4, -0.2) is 43.3 Å². The van der Waals surface area contributed by atoms with Crippen LogP contribution in [0.1, 0.15) is 60.9 Å². The van der Waals surface area contributed by atoms with Crippen LogP contribution in [0.25, 0.3) is 0 Å². The molecule has 0 aromatic heterocycles. The molecule has 5 heteroatoms. The summed E-state index contributed by atoms with van der Waals surface area (Å²) >= 11 is 0. The van der Waals surface area contributed by atoms with Crippen molar-refractivity contribution in [2.45, 2.75) is 50.4 Å². The monoisotopic (exact) mass is 495 g/mol. The topological polar surface area (TPSA) is 36.0 Å². The Morgan fingerprint density at radius 1 is 0.811 bits per heavy atom. The summed E-state index contributed by atoms with van der Waals surface area (Å²) in [5, 5.41) is 0. The SMILES string of the molecule is CCCC[C@H]1C(C2N(C)[C@@H](c3ccccc3)[C@H](c3ccccc3)N2C)=CN(C(=O)OC)c2ccccc21. The van der Waals surface area contributed by atoms with E-state index in [0.29, 0.717) is 0 Å². The third-order valence-electron chi connectivity index (χ3n) is 8.00. The maximum absolute atomic E-state index is 13.0. The van der Waals surface area contributed by atoms with Gasteiger partial charge < -0.3 is 4.74 Å². The molecular weight excluding hydrogens is 458 g/mol. The van der Waals surface area contributed by atoms with Crippen LogP contribution in [0.3, 0.4) is 0 Å². The summed E-state index contributed by atoms with van der Waals surface area (Å²) in [6.07, 6.45) is 5.00. The minimum absolute atomic E-state index is 0.0118. The highest BCUT2D eigenvalue weighted by Crippen LogP contribution is 2.51. The standard InChI is InChI=1S/C32H37N3O2/c1-5-6-19-25-26-20-13-14-21-28(26)35(32(36)37-4)22-27(25)31-33(2)29(23-15-9-7-10-16-23)30(34(31)3)24-17-11-8-12-18-24/h7-18,20-22,25,29-31H,5-6,19H2,1-4H3/t25-,29+,30+/m1/s1. The Morgan fingerprint density at radius 3 is 1.89 bits per heavy atom. The molecule has 0 bridgehead atoms. The number of unbranched alkanes of at least 4 members (excludes halogenated alkanes) is 1. The first kappa shape index (κ1) is 25.2. The second-order valence-electron chi connectivity index (χ2n) is 10.1. The van der Waals surface area contributed by atoms with Gasteiger partial charge in [-0.05, 0) is 48.8 Å². The first-order valence-electron chi connectivity index (χ1n) is 13.3. The summed E-state index contributed by atoms with van der Waals surface area (Å²) in [7, 11) is 5.90. The van der Waals surface area contributed by atoms with Crippen molar-refractivity contribution < 1.29 is 9.53 Å². The molecule has 2 aliphatic heterocycles. The predicted molar refractivity (Wildman–Crippen MR) is 149 cm³/mol. The van der Waals surface area contributed by atoms with Crippen LogP contribution in [0.4, 0.5) is 10.5 Å². The number of carbonyl (C=O) groups is 1. The molecule has 2 heterocycles. The lowest BCUT2D eigenvalue weighted by molar-refractivity contribution is 0.177. The number of anilines is 1. The van der Waals surface area contributed by atoms with E-state index in [1.54, 1.807) is 4.90 Å². The van der Waals surface area contributed by atoms with Crippen LogP contribution in [0.5, 0.6) is 0 Å². The first-order valence-corrected chi connectivity index (χ1v) is 13.3. The summed E-state index contributed by atoms with van der Waals surface area (Å²) in [5.41, 5.74) is 5.93. The zero-order chi connectivity index (χ0) is 25.9. The summed E-state index contributed by atoms with van der Waals surface area (Å²) in [6, 6.07) is 30.2. The Kier molecular flexibility index (Phi) is 7.45. The van der Waals surface area contributed by atoms with Crippen LogP contribution in [0.2, 0.25) is 0 Å². The third-order valence-corrected chi connectivity index (χ3v) is 8.00. The van der Waals surface area contributed by atoms with Crippen LogP contribution in [-0.2, 0) is 4.74 Å². The van der Waals surface area contributed by atoms with E-state index in [1.165, 1.54) is 29.4 Å². The summed E-state index contributed by atoms with van der Waals surface area (Å²) in [4.78, 5) is 19.6. The molecule has 37 heavy (non-hydrogen) atoms. The number of methoxy groups -OCH3 is 1. The molecule has 5 nitrogen and oxygen atoms in total. The maximum Gasteiger partial charge on any atom is 0.418 e. The molecule has 2 aliphatic rings. The molecule has 0 N–H and O–H groups in total. The van der Waals surface area contributed by atoms with Crippen molar-refractivity contribution in [1.29, 1.82) is 0 Å². The molecule has 3 aromatic carbocycles. The van der Waals surface area contributed by atoms with Gasteiger partial charge in [-0.25, -0.2) is 4.79 Å². The number of hydrogen-bond acceptors (Lipinski definition) is 4. The van der Waals surface area contributed by atoms with Crippen molar-refractivity contribution in [1.82, 2.24) is 9.80 Å². The second kappa shape index (κ2) is 10.9. The molecular formula is C32H37N3O2. The van der Waals surface area contributed by atoms with Gasteiger partial charge >= 0.3 is 6.09 Å². The van der Waals surface area contributed by atoms with Crippen molar-refractivity contribution in [2.75, 3.05) is 26.1 Å². The fourth-order valence-corrected chi connectivity index (χ4v) is 6.36. The van der Waals surface area contributed by atoms with Crippen LogP contribution in [0, 0.1) is 0 Å². The number of likely N-dealkylation sites (N-methyl/N-ethyl adjacent to an activating group) is 2. The van der Waals surface area contributed by atoms with Crippen LogP contribution >= 0.6 is 0 Å². The molecule has 1 saturated heterocycles. The molecule has 3 atom stereocenters. The zero-order valence-corrected chi connectivity index (χ0v) is 22.2. The smallest absolute Gasteiger partial charge is 0.418 e. The van der Waals surface area contributed by atoms with Gasteiger partial charge in [0.25, 0.3) is 0 Å². The molecule has 0 saturated carbocycles. The van der Waals surface area contributed by atoms with Gasteiger partial charge in [0, 0.05) is 12.1 Å². The fraction of sp³-hybridized carbons (Fsp3) is 0.344. The quantitative estimate of drug-likeness (QED) is 0.365. The van der Waals surface area contributed by atoms with Crippen molar-refractivity contribution >= 4 is 11.8 Å². The number of nitrogens with zero attached hydrogens (tertiary/aromatic N) is 3. The highest BCUT2D eigenvalue weighted by atomic mass is 16.5. The largest absolute Gasteiger partial charge is 0.452 e. The zero-order valence-electron chi connectivity index (χ0n) is 22.2. The van der Waals surface area contributed by atoms with Gasteiger partial charge in [-0.1, -0.05) is 98.6 Å². The number of rotatable bonds is 6. The van der Waals surface area contributed by atoms with Gasteiger partial charge in [0.15, 0.2) is 0 Å². The lowest BCUT2D eigenvalue weighted by Crippen LogP contribution is -2.42. The number of hydrogen-bond donors (Lipinski definition) is 0. The molecule has 0 spiro atoms. The minimum atomic E-state index is -0.360. The van der Waals surface area contributed by atoms with E-state index >= 15 is 0 Å². The van der Waals surface area contributed by atoms with Crippen molar-refractivity contribution in [3.8, 4) is 0 Å². The molecule has 1 amide bonds. The average molecular weight is 496 g/mol. The van der Waals surface area contributed by atoms with E-state index in [4.69, 9.17) is 4.74 Å². The van der Waals surface area contributed by atoms with Crippen LogP contribution in [0.15, 0.2) is 96.7 Å². The molecule has 0 unspecified atom stereocenters. The highest BCUT2D eigenvalue weighted by molar-refractivity contribution is 5.92. The first-order chi connectivity index (χ1) is 18.1. The van der Waals surface area contributed by atoms with Crippen LogP contribution < -0.4 is 4.90 Å².